The summed E-state index contributed by atoms with van der Waals surface area (Å²) in [7, 11) is 3.12. The van der Waals surface area contributed by atoms with Crippen molar-refractivity contribution in [2.45, 2.75) is 53.2 Å². The molecule has 0 unspecified atom stereocenters. The summed E-state index contributed by atoms with van der Waals surface area (Å²) >= 11 is 0. The fraction of sp³-hybridized carbons (Fsp3) is 0.423. The van der Waals surface area contributed by atoms with E-state index < -0.39 is 28.9 Å². The predicted molar refractivity (Wildman–Crippen MR) is 138 cm³/mol. The Morgan fingerprint density at radius 2 is 1.76 bits per heavy atom. The third-order valence-electron chi connectivity index (χ3n) is 5.99. The Morgan fingerprint density at radius 1 is 1.05 bits per heavy atom. The first-order chi connectivity index (χ1) is 17.3. The first-order valence-electron chi connectivity index (χ1n) is 12.0. The van der Waals surface area contributed by atoms with Gasteiger partial charge in [-0.3, -0.25) is 18.7 Å². The minimum Gasteiger partial charge on any atom is -0.466 e. The minimum absolute atomic E-state index is 0.140. The molecule has 0 fully saturated rings. The SMILES string of the molecule is CCOC(=O)Cc1nc2c(c(=O)n(Cc3cc4cc(C)ccc4n3C(=O)OC(C)(C)C)c(=O)n2C)n1C. The van der Waals surface area contributed by atoms with Gasteiger partial charge < -0.3 is 14.0 Å². The molecule has 0 amide bonds. The lowest BCUT2D eigenvalue weighted by molar-refractivity contribution is -0.142. The number of carbonyl (C=O) groups excluding carboxylic acids is 2. The molecule has 3 heterocycles. The van der Waals surface area contributed by atoms with E-state index >= 15 is 0 Å². The van der Waals surface area contributed by atoms with Crippen molar-refractivity contribution in [1.29, 1.82) is 0 Å². The average Bonchev–Trinajstić information content (AvgIpc) is 3.31. The van der Waals surface area contributed by atoms with E-state index in [4.69, 9.17) is 9.47 Å². The van der Waals surface area contributed by atoms with Crippen LogP contribution in [0, 0.1) is 6.92 Å². The highest BCUT2D eigenvalue weighted by molar-refractivity contribution is 5.91. The Labute approximate surface area is 212 Å². The summed E-state index contributed by atoms with van der Waals surface area (Å²) in [6.07, 6.45) is -0.747. The molecule has 11 heteroatoms. The largest absolute Gasteiger partial charge is 0.466 e. The van der Waals surface area contributed by atoms with Gasteiger partial charge in [-0.1, -0.05) is 11.6 Å². The van der Waals surface area contributed by atoms with Crippen molar-refractivity contribution >= 4 is 34.1 Å². The van der Waals surface area contributed by atoms with Crippen molar-refractivity contribution < 1.29 is 19.1 Å². The summed E-state index contributed by atoms with van der Waals surface area (Å²) in [5.41, 5.74) is 0.426. The fourth-order valence-corrected chi connectivity index (χ4v) is 4.32. The molecule has 0 spiro atoms. The summed E-state index contributed by atoms with van der Waals surface area (Å²) in [4.78, 5) is 56.5. The zero-order chi connectivity index (χ0) is 27.2. The van der Waals surface area contributed by atoms with Crippen LogP contribution >= 0.6 is 0 Å². The lowest BCUT2D eigenvalue weighted by Gasteiger charge is -2.21. The molecule has 0 atom stereocenters. The number of ether oxygens (including phenoxy) is 2. The van der Waals surface area contributed by atoms with E-state index in [1.165, 1.54) is 20.7 Å². The molecule has 4 rings (SSSR count). The lowest BCUT2D eigenvalue weighted by Crippen LogP contribution is -2.40. The van der Waals surface area contributed by atoms with Gasteiger partial charge in [0.25, 0.3) is 5.56 Å². The Bertz CT molecular complexity index is 1660. The van der Waals surface area contributed by atoms with Crippen LogP contribution < -0.4 is 11.2 Å². The van der Waals surface area contributed by atoms with Gasteiger partial charge in [0.05, 0.1) is 24.4 Å². The molecule has 3 aromatic heterocycles. The first-order valence-corrected chi connectivity index (χ1v) is 12.0. The highest BCUT2D eigenvalue weighted by Gasteiger charge is 2.25. The zero-order valence-corrected chi connectivity index (χ0v) is 22.1. The summed E-state index contributed by atoms with van der Waals surface area (Å²) < 4.78 is 15.8. The Morgan fingerprint density at radius 3 is 2.41 bits per heavy atom. The number of aromatic nitrogens is 5. The van der Waals surface area contributed by atoms with E-state index in [-0.39, 0.29) is 30.7 Å². The molecule has 0 aliphatic heterocycles. The van der Waals surface area contributed by atoms with Gasteiger partial charge in [0.15, 0.2) is 11.2 Å². The number of nitrogens with zero attached hydrogens (tertiary/aromatic N) is 5. The molecule has 0 radical (unpaired) electrons. The molecule has 0 aliphatic carbocycles. The van der Waals surface area contributed by atoms with E-state index in [0.717, 1.165) is 15.5 Å². The second kappa shape index (κ2) is 9.38. The molecule has 0 saturated carbocycles. The maximum absolute atomic E-state index is 13.6. The van der Waals surface area contributed by atoms with Crippen LogP contribution in [0.15, 0.2) is 33.9 Å². The summed E-state index contributed by atoms with van der Waals surface area (Å²) in [6.45, 7) is 8.99. The topological polar surface area (TPSA) is 119 Å². The maximum Gasteiger partial charge on any atom is 0.419 e. The number of fused-ring (bicyclic) bond motifs is 2. The molecule has 0 bridgehead atoms. The van der Waals surface area contributed by atoms with Crippen molar-refractivity contribution in [3.63, 3.8) is 0 Å². The average molecular weight is 510 g/mol. The summed E-state index contributed by atoms with van der Waals surface area (Å²) in [5, 5.41) is 0.782. The number of rotatable bonds is 5. The third kappa shape index (κ3) is 4.81. The Hall–Kier alpha value is -4.15. The molecule has 1 aromatic carbocycles. The molecular weight excluding hydrogens is 478 g/mol. The van der Waals surface area contributed by atoms with Gasteiger partial charge >= 0.3 is 17.8 Å². The van der Waals surface area contributed by atoms with Crippen LogP contribution in [0.25, 0.3) is 22.1 Å². The predicted octanol–water partition coefficient (Wildman–Crippen LogP) is 2.63. The molecule has 0 saturated heterocycles. The highest BCUT2D eigenvalue weighted by atomic mass is 16.6. The number of aryl methyl sites for hydroxylation is 3. The number of imidazole rings is 1. The lowest BCUT2D eigenvalue weighted by atomic mass is 10.2. The second-order valence-corrected chi connectivity index (χ2v) is 9.99. The standard InChI is InChI=1S/C26H31N5O6/c1-8-36-20(32)13-19-27-22-21(28(19)6)23(33)30(24(34)29(22)7)14-17-12-16-11-15(2)9-10-18(16)31(17)25(35)37-26(3,4)5/h9-12H,8,13-14H2,1-7H3. The highest BCUT2D eigenvalue weighted by Crippen LogP contribution is 2.24. The van der Waals surface area contributed by atoms with Crippen LogP contribution in [0.3, 0.4) is 0 Å². The van der Waals surface area contributed by atoms with Gasteiger partial charge in [0.1, 0.15) is 17.8 Å². The summed E-state index contributed by atoms with van der Waals surface area (Å²) in [6, 6.07) is 7.39. The quantitative estimate of drug-likeness (QED) is 0.379. The van der Waals surface area contributed by atoms with Crippen molar-refractivity contribution in [1.82, 2.24) is 23.3 Å². The molecule has 11 nitrogen and oxygen atoms in total. The molecule has 37 heavy (non-hydrogen) atoms. The normalized spacial score (nSPS) is 11.9. The van der Waals surface area contributed by atoms with Gasteiger partial charge in [0, 0.05) is 19.5 Å². The van der Waals surface area contributed by atoms with E-state index in [1.807, 2.05) is 25.1 Å². The van der Waals surface area contributed by atoms with Crippen molar-refractivity contribution in [2.24, 2.45) is 14.1 Å². The first kappa shape index (κ1) is 25.9. The zero-order valence-electron chi connectivity index (χ0n) is 22.1. The van der Waals surface area contributed by atoms with Crippen LogP contribution in [-0.2, 0) is 41.3 Å². The van der Waals surface area contributed by atoms with E-state index in [1.54, 1.807) is 40.8 Å². The maximum atomic E-state index is 13.6. The van der Waals surface area contributed by atoms with Gasteiger partial charge in [-0.25, -0.2) is 19.1 Å². The number of benzene rings is 1. The number of hydrogen-bond acceptors (Lipinski definition) is 7. The van der Waals surface area contributed by atoms with Crippen LogP contribution in [0.5, 0.6) is 0 Å². The smallest absolute Gasteiger partial charge is 0.419 e. The summed E-state index contributed by atoms with van der Waals surface area (Å²) in [5.74, 6) is -0.181. The van der Waals surface area contributed by atoms with Crippen molar-refractivity contribution in [3.05, 3.63) is 62.2 Å². The van der Waals surface area contributed by atoms with Crippen molar-refractivity contribution in [3.8, 4) is 0 Å². The minimum atomic E-state index is -0.744. The third-order valence-corrected chi connectivity index (χ3v) is 5.99. The van der Waals surface area contributed by atoms with Gasteiger partial charge in [-0.15, -0.1) is 0 Å². The number of carbonyl (C=O) groups is 2. The van der Waals surface area contributed by atoms with Crippen LogP contribution in [0.2, 0.25) is 0 Å². The van der Waals surface area contributed by atoms with Crippen LogP contribution in [0.4, 0.5) is 4.79 Å². The van der Waals surface area contributed by atoms with E-state index in [0.29, 0.717) is 17.0 Å². The van der Waals surface area contributed by atoms with Crippen molar-refractivity contribution in [2.75, 3.05) is 6.61 Å². The van der Waals surface area contributed by atoms with Gasteiger partial charge in [-0.2, -0.15) is 0 Å². The Kier molecular flexibility index (Phi) is 6.57. The fourth-order valence-electron chi connectivity index (χ4n) is 4.32. The van der Waals surface area contributed by atoms with Crippen LogP contribution in [0.1, 0.15) is 44.8 Å². The monoisotopic (exact) mass is 509 g/mol. The second-order valence-electron chi connectivity index (χ2n) is 9.99. The molecular formula is C26H31N5O6. The molecule has 0 aliphatic rings. The molecule has 0 N–H and O–H groups in total. The molecule has 196 valence electrons. The van der Waals surface area contributed by atoms with Crippen LogP contribution in [-0.4, -0.2) is 47.5 Å². The van der Waals surface area contributed by atoms with Gasteiger partial charge in [0.2, 0.25) is 0 Å². The molecule has 4 aromatic rings. The van der Waals surface area contributed by atoms with Gasteiger partial charge in [-0.05, 0) is 52.8 Å². The number of hydrogen-bond donors (Lipinski definition) is 0. The number of esters is 1. The van der Waals surface area contributed by atoms with E-state index in [2.05, 4.69) is 4.98 Å². The van der Waals surface area contributed by atoms with E-state index in [9.17, 15) is 19.2 Å². The Balaban J connectivity index is 1.89.